The molecule has 3 nitrogen and oxygen atoms in total. The first-order chi connectivity index (χ1) is 8.79. The number of aldehydes is 1. The molecule has 0 unspecified atom stereocenters. The molecule has 0 N–H and O–H groups in total. The maximum absolute atomic E-state index is 10.8. The lowest BCUT2D eigenvalue weighted by atomic mass is 10.1. The van der Waals surface area contributed by atoms with Crippen LogP contribution < -0.4 is 4.74 Å². The van der Waals surface area contributed by atoms with E-state index in [1.807, 2.05) is 12.1 Å². The molecule has 0 aromatic heterocycles. The zero-order valence-electron chi connectivity index (χ0n) is 10.4. The second kappa shape index (κ2) is 6.90. The normalized spacial score (nSPS) is 16.5. The molecule has 0 aliphatic carbocycles. The molecule has 1 aliphatic rings. The molecule has 1 aliphatic heterocycles. The Bertz CT molecular complexity index is 403. The smallest absolute Gasteiger partial charge is 0.151 e. The van der Waals surface area contributed by atoms with E-state index in [1.165, 1.54) is 32.4 Å². The average molecular weight is 312 g/mol. The molecule has 1 aromatic rings. The Kier molecular flexibility index (Phi) is 5.20. The number of ether oxygens (including phenoxy) is 1. The number of benzene rings is 1. The van der Waals surface area contributed by atoms with E-state index in [1.54, 1.807) is 6.07 Å². The van der Waals surface area contributed by atoms with Gasteiger partial charge in [-0.05, 0) is 44.1 Å². The lowest BCUT2D eigenvalue weighted by molar-refractivity contribution is 0.112. The molecule has 98 valence electrons. The third-order valence-electron chi connectivity index (χ3n) is 3.22. The highest BCUT2D eigenvalue weighted by molar-refractivity contribution is 9.10. The molecule has 0 amide bonds. The number of hydrogen-bond donors (Lipinski definition) is 0. The van der Waals surface area contributed by atoms with Gasteiger partial charge in [-0.15, -0.1) is 0 Å². The monoisotopic (exact) mass is 311 g/mol. The van der Waals surface area contributed by atoms with Gasteiger partial charge in [-0.3, -0.25) is 9.69 Å². The fraction of sp³-hybridized carbons (Fsp3) is 0.500. The van der Waals surface area contributed by atoms with Crippen molar-refractivity contribution in [1.82, 2.24) is 4.90 Å². The van der Waals surface area contributed by atoms with Gasteiger partial charge in [-0.25, -0.2) is 0 Å². The predicted molar refractivity (Wildman–Crippen MR) is 75.3 cm³/mol. The molecule has 18 heavy (non-hydrogen) atoms. The highest BCUT2D eigenvalue weighted by Gasteiger charge is 2.09. The Morgan fingerprint density at radius 1 is 1.28 bits per heavy atom. The molecule has 0 spiro atoms. The van der Waals surface area contributed by atoms with Crippen molar-refractivity contribution in [1.29, 1.82) is 0 Å². The van der Waals surface area contributed by atoms with E-state index in [-0.39, 0.29) is 0 Å². The van der Waals surface area contributed by atoms with Gasteiger partial charge in [-0.2, -0.15) is 0 Å². The third-order valence-corrected chi connectivity index (χ3v) is 3.94. The number of hydrogen-bond acceptors (Lipinski definition) is 3. The van der Waals surface area contributed by atoms with E-state index < -0.39 is 0 Å². The molecule has 1 heterocycles. The number of carbonyl (C=O) groups excluding carboxylic acids is 1. The number of nitrogens with zero attached hydrogens (tertiary/aromatic N) is 1. The Morgan fingerprint density at radius 2 is 2.06 bits per heavy atom. The fourth-order valence-electron chi connectivity index (χ4n) is 2.18. The van der Waals surface area contributed by atoms with Crippen LogP contribution in [0.4, 0.5) is 0 Å². The summed E-state index contributed by atoms with van der Waals surface area (Å²) in [4.78, 5) is 13.2. The van der Waals surface area contributed by atoms with E-state index in [9.17, 15) is 4.79 Å². The van der Waals surface area contributed by atoms with Gasteiger partial charge in [0.25, 0.3) is 0 Å². The van der Waals surface area contributed by atoms with Crippen molar-refractivity contribution in [3.8, 4) is 5.75 Å². The first-order valence-electron chi connectivity index (χ1n) is 6.39. The molecule has 0 bridgehead atoms. The van der Waals surface area contributed by atoms with Crippen molar-refractivity contribution in [2.75, 3.05) is 26.2 Å². The van der Waals surface area contributed by atoms with Gasteiger partial charge in [0.2, 0.25) is 0 Å². The molecule has 0 atom stereocenters. The van der Waals surface area contributed by atoms with E-state index in [2.05, 4.69) is 20.8 Å². The van der Waals surface area contributed by atoms with Crippen molar-refractivity contribution < 1.29 is 9.53 Å². The van der Waals surface area contributed by atoms with Crippen LogP contribution in [0.15, 0.2) is 22.7 Å². The van der Waals surface area contributed by atoms with Crippen molar-refractivity contribution in [3.63, 3.8) is 0 Å². The summed E-state index contributed by atoms with van der Waals surface area (Å²) < 4.78 is 6.49. The number of piperidine rings is 1. The van der Waals surface area contributed by atoms with Gasteiger partial charge in [0.1, 0.15) is 12.4 Å². The lowest BCUT2D eigenvalue weighted by Gasteiger charge is -2.26. The summed E-state index contributed by atoms with van der Waals surface area (Å²) in [5.41, 5.74) is 0.630. The molecular formula is C14H18BrNO2. The molecule has 2 rings (SSSR count). The lowest BCUT2D eigenvalue weighted by Crippen LogP contribution is -2.33. The first kappa shape index (κ1) is 13.6. The summed E-state index contributed by atoms with van der Waals surface area (Å²) in [7, 11) is 0. The van der Waals surface area contributed by atoms with Gasteiger partial charge in [0.05, 0.1) is 0 Å². The number of likely N-dealkylation sites (tertiary alicyclic amines) is 1. The van der Waals surface area contributed by atoms with E-state index in [4.69, 9.17) is 4.74 Å². The number of halogens is 1. The van der Waals surface area contributed by atoms with Crippen molar-refractivity contribution in [3.05, 3.63) is 28.2 Å². The average Bonchev–Trinajstić information content (AvgIpc) is 2.42. The minimum atomic E-state index is 0.630. The summed E-state index contributed by atoms with van der Waals surface area (Å²) in [6, 6.07) is 5.50. The standard InChI is InChI=1S/C14H18BrNO2/c15-14-5-4-13(10-12(14)11-17)18-9-8-16-6-2-1-3-7-16/h4-5,10-11H,1-3,6-9H2. The van der Waals surface area contributed by atoms with Crippen LogP contribution >= 0.6 is 15.9 Å². The molecule has 0 saturated carbocycles. The number of rotatable bonds is 5. The summed E-state index contributed by atoms with van der Waals surface area (Å²) in [6.07, 6.45) is 4.79. The predicted octanol–water partition coefficient (Wildman–Crippen LogP) is 3.13. The van der Waals surface area contributed by atoms with Gasteiger partial charge < -0.3 is 4.74 Å². The summed E-state index contributed by atoms with van der Waals surface area (Å²) in [5, 5.41) is 0. The van der Waals surface area contributed by atoms with E-state index in [0.29, 0.717) is 12.2 Å². The zero-order chi connectivity index (χ0) is 12.8. The van der Waals surface area contributed by atoms with Crippen LogP contribution in [0.25, 0.3) is 0 Å². The minimum absolute atomic E-state index is 0.630. The van der Waals surface area contributed by atoms with Crippen molar-refractivity contribution in [2.24, 2.45) is 0 Å². The van der Waals surface area contributed by atoms with Crippen LogP contribution in [-0.2, 0) is 0 Å². The van der Waals surface area contributed by atoms with Crippen LogP contribution in [0.3, 0.4) is 0 Å². The summed E-state index contributed by atoms with van der Waals surface area (Å²) in [5.74, 6) is 0.761. The maximum Gasteiger partial charge on any atom is 0.151 e. The molecule has 1 aromatic carbocycles. The second-order valence-electron chi connectivity index (χ2n) is 4.55. The molecular weight excluding hydrogens is 294 g/mol. The SMILES string of the molecule is O=Cc1cc(OCCN2CCCCC2)ccc1Br. The topological polar surface area (TPSA) is 29.5 Å². The highest BCUT2D eigenvalue weighted by Crippen LogP contribution is 2.21. The van der Waals surface area contributed by atoms with Crippen LogP contribution in [0, 0.1) is 0 Å². The van der Waals surface area contributed by atoms with Crippen molar-refractivity contribution >= 4 is 22.2 Å². The zero-order valence-corrected chi connectivity index (χ0v) is 12.0. The van der Waals surface area contributed by atoms with Crippen LogP contribution in [-0.4, -0.2) is 37.4 Å². The molecule has 1 saturated heterocycles. The van der Waals surface area contributed by atoms with Crippen LogP contribution in [0.5, 0.6) is 5.75 Å². The Labute approximate surface area is 116 Å². The van der Waals surface area contributed by atoms with Gasteiger partial charge in [0.15, 0.2) is 6.29 Å². The second-order valence-corrected chi connectivity index (χ2v) is 5.41. The fourth-order valence-corrected chi connectivity index (χ4v) is 2.52. The van der Waals surface area contributed by atoms with E-state index >= 15 is 0 Å². The first-order valence-corrected chi connectivity index (χ1v) is 7.19. The highest BCUT2D eigenvalue weighted by atomic mass is 79.9. The largest absolute Gasteiger partial charge is 0.492 e. The van der Waals surface area contributed by atoms with Gasteiger partial charge in [0, 0.05) is 16.6 Å². The van der Waals surface area contributed by atoms with Gasteiger partial charge in [-0.1, -0.05) is 22.4 Å². The van der Waals surface area contributed by atoms with E-state index in [0.717, 1.165) is 23.1 Å². The Morgan fingerprint density at radius 3 is 2.78 bits per heavy atom. The minimum Gasteiger partial charge on any atom is -0.492 e. The quantitative estimate of drug-likeness (QED) is 0.782. The Balaban J connectivity index is 1.80. The maximum atomic E-state index is 10.8. The molecule has 4 heteroatoms. The molecule has 0 radical (unpaired) electrons. The summed E-state index contributed by atoms with van der Waals surface area (Å²) >= 11 is 3.33. The van der Waals surface area contributed by atoms with Gasteiger partial charge >= 0.3 is 0 Å². The number of carbonyl (C=O) groups is 1. The van der Waals surface area contributed by atoms with Crippen LogP contribution in [0.2, 0.25) is 0 Å². The summed E-state index contributed by atoms with van der Waals surface area (Å²) in [6.45, 7) is 4.01. The van der Waals surface area contributed by atoms with Crippen molar-refractivity contribution in [2.45, 2.75) is 19.3 Å². The third kappa shape index (κ3) is 3.82. The Hall–Kier alpha value is -0.870. The van der Waals surface area contributed by atoms with Crippen LogP contribution in [0.1, 0.15) is 29.6 Å². The molecule has 1 fully saturated rings.